The number of aromatic amines is 1. The lowest BCUT2D eigenvalue weighted by Gasteiger charge is -2.22. The first kappa shape index (κ1) is 18.5. The van der Waals surface area contributed by atoms with E-state index in [0.29, 0.717) is 16.6 Å². The van der Waals surface area contributed by atoms with E-state index in [2.05, 4.69) is 20.4 Å². The minimum atomic E-state index is -4.36. The highest BCUT2D eigenvalue weighted by Crippen LogP contribution is 2.30. The number of nitrogens with one attached hydrogen (secondary N) is 2. The highest BCUT2D eigenvalue weighted by atomic mass is 19.4. The zero-order valence-electron chi connectivity index (χ0n) is 15.1. The van der Waals surface area contributed by atoms with Crippen molar-refractivity contribution in [1.82, 2.24) is 19.7 Å². The van der Waals surface area contributed by atoms with Gasteiger partial charge in [0.25, 0.3) is 5.56 Å². The molecule has 1 aliphatic rings. The molecule has 1 aromatic carbocycles. The molecule has 1 fully saturated rings. The van der Waals surface area contributed by atoms with Gasteiger partial charge in [0.05, 0.1) is 17.8 Å². The summed E-state index contributed by atoms with van der Waals surface area (Å²) in [4.78, 5) is 19.5. The Morgan fingerprint density at radius 2 is 1.86 bits per heavy atom. The molecule has 28 heavy (non-hydrogen) atoms. The normalized spacial score (nSPS) is 15.8. The Hall–Kier alpha value is -2.84. The van der Waals surface area contributed by atoms with Crippen molar-refractivity contribution in [2.24, 2.45) is 0 Å². The van der Waals surface area contributed by atoms with Crippen LogP contribution in [0.4, 0.5) is 19.1 Å². The van der Waals surface area contributed by atoms with Gasteiger partial charge in [-0.05, 0) is 30.5 Å². The highest BCUT2D eigenvalue weighted by molar-refractivity contribution is 5.74. The molecule has 148 valence electrons. The summed E-state index contributed by atoms with van der Waals surface area (Å²) >= 11 is 0. The van der Waals surface area contributed by atoms with Gasteiger partial charge in [-0.2, -0.15) is 23.3 Å². The SMILES string of the molecule is O=c1[nH]c(NCc2ccc(C(F)(F)F)cc2)nc2c1cnn2C1CCCCC1. The van der Waals surface area contributed by atoms with Crippen LogP contribution in [0.1, 0.15) is 49.3 Å². The number of rotatable bonds is 4. The molecule has 0 unspecified atom stereocenters. The fraction of sp³-hybridized carbons (Fsp3) is 0.421. The summed E-state index contributed by atoms with van der Waals surface area (Å²) in [5.74, 6) is 0.273. The van der Waals surface area contributed by atoms with E-state index in [-0.39, 0.29) is 24.1 Å². The molecular formula is C19H20F3N5O. The van der Waals surface area contributed by atoms with Crippen LogP contribution in [-0.2, 0) is 12.7 Å². The Labute approximate surface area is 158 Å². The fourth-order valence-corrected chi connectivity index (χ4v) is 3.61. The van der Waals surface area contributed by atoms with Gasteiger partial charge in [-0.1, -0.05) is 31.4 Å². The first-order chi connectivity index (χ1) is 13.4. The molecule has 0 radical (unpaired) electrons. The third-order valence-electron chi connectivity index (χ3n) is 5.13. The number of halogens is 3. The average molecular weight is 391 g/mol. The minimum absolute atomic E-state index is 0.239. The molecular weight excluding hydrogens is 371 g/mol. The maximum Gasteiger partial charge on any atom is 0.416 e. The van der Waals surface area contributed by atoms with Crippen molar-refractivity contribution >= 4 is 17.0 Å². The molecule has 2 aromatic heterocycles. The summed E-state index contributed by atoms with van der Waals surface area (Å²) in [5.41, 5.74) is 0.199. The van der Waals surface area contributed by atoms with Crippen LogP contribution >= 0.6 is 0 Å². The van der Waals surface area contributed by atoms with Crippen molar-refractivity contribution in [2.75, 3.05) is 5.32 Å². The summed E-state index contributed by atoms with van der Waals surface area (Å²) in [6.07, 6.45) is 2.68. The van der Waals surface area contributed by atoms with Gasteiger partial charge in [-0.25, -0.2) is 4.68 Å². The monoisotopic (exact) mass is 391 g/mol. The molecule has 1 saturated carbocycles. The van der Waals surface area contributed by atoms with E-state index in [1.165, 1.54) is 24.8 Å². The van der Waals surface area contributed by atoms with E-state index in [1.807, 2.05) is 4.68 Å². The standard InChI is InChI=1S/C19H20F3N5O/c20-19(21,22)13-8-6-12(7-9-13)10-23-18-25-16-15(17(28)26-18)11-24-27(16)14-4-2-1-3-5-14/h6-9,11,14H,1-5,10H2,(H2,23,25,26,28). The van der Waals surface area contributed by atoms with E-state index >= 15 is 0 Å². The van der Waals surface area contributed by atoms with Gasteiger partial charge in [-0.15, -0.1) is 0 Å². The molecule has 0 amide bonds. The smallest absolute Gasteiger partial charge is 0.352 e. The van der Waals surface area contributed by atoms with Crippen molar-refractivity contribution < 1.29 is 13.2 Å². The lowest BCUT2D eigenvalue weighted by atomic mass is 9.96. The first-order valence-electron chi connectivity index (χ1n) is 9.29. The van der Waals surface area contributed by atoms with Crippen LogP contribution in [0.5, 0.6) is 0 Å². The molecule has 0 atom stereocenters. The molecule has 1 aliphatic carbocycles. The van der Waals surface area contributed by atoms with E-state index in [0.717, 1.165) is 37.8 Å². The summed E-state index contributed by atoms with van der Waals surface area (Å²) in [6, 6.07) is 5.11. The Balaban J connectivity index is 1.54. The molecule has 2 N–H and O–H groups in total. The van der Waals surface area contributed by atoms with Crippen molar-refractivity contribution in [3.63, 3.8) is 0 Å². The lowest BCUT2D eigenvalue weighted by Crippen LogP contribution is -2.17. The van der Waals surface area contributed by atoms with Crippen LogP contribution in [-0.4, -0.2) is 19.7 Å². The largest absolute Gasteiger partial charge is 0.416 e. The predicted octanol–water partition coefficient (Wildman–Crippen LogP) is 4.26. The lowest BCUT2D eigenvalue weighted by molar-refractivity contribution is -0.137. The van der Waals surface area contributed by atoms with Gasteiger partial charge in [0.15, 0.2) is 5.65 Å². The molecule has 9 heteroatoms. The minimum Gasteiger partial charge on any atom is -0.352 e. The van der Waals surface area contributed by atoms with Gasteiger partial charge in [-0.3, -0.25) is 9.78 Å². The summed E-state index contributed by atoms with van der Waals surface area (Å²) < 4.78 is 39.8. The summed E-state index contributed by atoms with van der Waals surface area (Å²) in [6.45, 7) is 0.240. The summed E-state index contributed by atoms with van der Waals surface area (Å²) in [7, 11) is 0. The van der Waals surface area contributed by atoms with Crippen LogP contribution in [0.3, 0.4) is 0 Å². The zero-order valence-corrected chi connectivity index (χ0v) is 15.1. The van der Waals surface area contributed by atoms with Crippen LogP contribution in [0.25, 0.3) is 11.0 Å². The second kappa shape index (κ2) is 7.29. The first-order valence-corrected chi connectivity index (χ1v) is 9.29. The predicted molar refractivity (Wildman–Crippen MR) is 99.0 cm³/mol. The number of hydrogen-bond acceptors (Lipinski definition) is 4. The molecule has 2 heterocycles. The molecule has 4 rings (SSSR count). The molecule has 0 aliphatic heterocycles. The Morgan fingerprint density at radius 3 is 2.54 bits per heavy atom. The van der Waals surface area contributed by atoms with Gasteiger partial charge < -0.3 is 5.32 Å². The molecule has 3 aromatic rings. The third-order valence-corrected chi connectivity index (χ3v) is 5.13. The Kier molecular flexibility index (Phi) is 4.82. The number of H-pyrrole nitrogens is 1. The van der Waals surface area contributed by atoms with Crippen molar-refractivity contribution in [3.8, 4) is 0 Å². The zero-order chi connectivity index (χ0) is 19.7. The number of benzene rings is 1. The van der Waals surface area contributed by atoms with Gasteiger partial charge >= 0.3 is 6.18 Å². The average Bonchev–Trinajstić information content (AvgIpc) is 3.11. The van der Waals surface area contributed by atoms with Gasteiger partial charge in [0, 0.05) is 6.54 Å². The van der Waals surface area contributed by atoms with Crippen LogP contribution < -0.4 is 10.9 Å². The number of aromatic nitrogens is 4. The second-order valence-electron chi connectivity index (χ2n) is 7.08. The van der Waals surface area contributed by atoms with Crippen molar-refractivity contribution in [3.05, 3.63) is 51.9 Å². The topological polar surface area (TPSA) is 75.6 Å². The van der Waals surface area contributed by atoms with Gasteiger partial charge in [0.2, 0.25) is 5.95 Å². The fourth-order valence-electron chi connectivity index (χ4n) is 3.61. The Bertz CT molecular complexity index is 1020. The number of nitrogens with zero attached hydrogens (tertiary/aromatic N) is 3. The van der Waals surface area contributed by atoms with E-state index < -0.39 is 11.7 Å². The van der Waals surface area contributed by atoms with E-state index in [1.54, 1.807) is 0 Å². The highest BCUT2D eigenvalue weighted by Gasteiger charge is 2.29. The van der Waals surface area contributed by atoms with Gasteiger partial charge in [0.1, 0.15) is 5.39 Å². The van der Waals surface area contributed by atoms with Crippen molar-refractivity contribution in [1.29, 1.82) is 0 Å². The number of fused-ring (bicyclic) bond motifs is 1. The van der Waals surface area contributed by atoms with Crippen molar-refractivity contribution in [2.45, 2.75) is 50.9 Å². The number of alkyl halides is 3. The number of anilines is 1. The third kappa shape index (κ3) is 3.74. The molecule has 6 nitrogen and oxygen atoms in total. The van der Waals surface area contributed by atoms with Crippen LogP contribution in [0, 0.1) is 0 Å². The maximum atomic E-state index is 12.7. The maximum absolute atomic E-state index is 12.7. The Morgan fingerprint density at radius 1 is 1.14 bits per heavy atom. The molecule has 0 saturated heterocycles. The quantitative estimate of drug-likeness (QED) is 0.697. The van der Waals surface area contributed by atoms with Crippen LogP contribution in [0.2, 0.25) is 0 Å². The van der Waals surface area contributed by atoms with E-state index in [9.17, 15) is 18.0 Å². The molecule has 0 bridgehead atoms. The second-order valence-corrected chi connectivity index (χ2v) is 7.08. The molecule has 0 spiro atoms. The van der Waals surface area contributed by atoms with E-state index in [4.69, 9.17) is 0 Å². The van der Waals surface area contributed by atoms with Crippen LogP contribution in [0.15, 0.2) is 35.3 Å². The summed E-state index contributed by atoms with van der Waals surface area (Å²) in [5, 5.41) is 7.79. The number of hydrogen-bond donors (Lipinski definition) is 2.